The smallest absolute Gasteiger partial charge is 0.254 e. The van der Waals surface area contributed by atoms with Crippen LogP contribution in [0.4, 0.5) is 0 Å². The van der Waals surface area contributed by atoms with Gasteiger partial charge in [0.05, 0.1) is 10.5 Å². The van der Waals surface area contributed by atoms with Crippen LogP contribution in [0.5, 0.6) is 0 Å². The maximum atomic E-state index is 12.6. The van der Waals surface area contributed by atoms with Crippen molar-refractivity contribution in [2.45, 2.75) is 25.2 Å². The number of nitrogens with zero attached hydrogens (tertiary/aromatic N) is 1. The third-order valence-corrected chi connectivity index (χ3v) is 6.14. The van der Waals surface area contributed by atoms with Crippen molar-refractivity contribution in [2.75, 3.05) is 6.54 Å². The van der Waals surface area contributed by atoms with E-state index in [1.54, 1.807) is 12.1 Å². The maximum Gasteiger partial charge on any atom is 0.254 e. The molecule has 0 aliphatic heterocycles. The number of hydrogen-bond acceptors (Lipinski definition) is 4. The molecule has 142 valence electrons. The summed E-state index contributed by atoms with van der Waals surface area (Å²) in [5.74, 6) is -0.125. The minimum atomic E-state index is -3.69. The number of primary sulfonamides is 1. The summed E-state index contributed by atoms with van der Waals surface area (Å²) in [6.45, 7) is 4.48. The SMILES string of the molecule is Cc1ccc(C)n1-c1sccc1C(=O)NCCc1ccc(S(N)(=O)=O)cc1. The number of nitrogens with two attached hydrogens (primary N) is 1. The van der Waals surface area contributed by atoms with Crippen LogP contribution in [-0.2, 0) is 16.4 Å². The average molecular weight is 404 g/mol. The molecule has 0 saturated carbocycles. The Kier molecular flexibility index (Phi) is 5.50. The van der Waals surface area contributed by atoms with E-state index in [9.17, 15) is 13.2 Å². The van der Waals surface area contributed by atoms with E-state index in [1.165, 1.54) is 23.5 Å². The Hall–Kier alpha value is -2.42. The number of hydrogen-bond donors (Lipinski definition) is 2. The second-order valence-corrected chi connectivity index (χ2v) is 8.74. The molecule has 6 nitrogen and oxygen atoms in total. The number of carbonyl (C=O) groups is 1. The quantitative estimate of drug-likeness (QED) is 0.663. The summed E-state index contributed by atoms with van der Waals surface area (Å²) < 4.78 is 24.6. The standard InChI is InChI=1S/C19H21N3O3S2/c1-13-3-4-14(2)22(13)19-17(10-12-26-19)18(23)21-11-9-15-5-7-16(8-6-15)27(20,24)25/h3-8,10,12H,9,11H2,1-2H3,(H,21,23)(H2,20,24,25). The summed E-state index contributed by atoms with van der Waals surface area (Å²) in [5, 5.41) is 10.8. The monoisotopic (exact) mass is 403 g/mol. The van der Waals surface area contributed by atoms with Crippen molar-refractivity contribution in [3.63, 3.8) is 0 Å². The van der Waals surface area contributed by atoms with E-state index in [0.717, 1.165) is 22.0 Å². The van der Waals surface area contributed by atoms with Gasteiger partial charge in [0.15, 0.2) is 0 Å². The van der Waals surface area contributed by atoms with E-state index < -0.39 is 10.0 Å². The lowest BCUT2D eigenvalue weighted by Crippen LogP contribution is -2.26. The first kappa shape index (κ1) is 19.3. The van der Waals surface area contributed by atoms with Crippen LogP contribution >= 0.6 is 11.3 Å². The summed E-state index contributed by atoms with van der Waals surface area (Å²) in [6, 6.07) is 12.2. The number of amides is 1. The molecule has 3 N–H and O–H groups in total. The van der Waals surface area contributed by atoms with Crippen LogP contribution in [0.25, 0.3) is 5.00 Å². The van der Waals surface area contributed by atoms with Crippen LogP contribution in [0, 0.1) is 13.8 Å². The van der Waals surface area contributed by atoms with Crippen LogP contribution in [0.1, 0.15) is 27.3 Å². The van der Waals surface area contributed by atoms with Gasteiger partial charge >= 0.3 is 0 Å². The fourth-order valence-corrected chi connectivity index (χ4v) is 4.43. The summed E-state index contributed by atoms with van der Waals surface area (Å²) >= 11 is 1.53. The Labute approximate surface area is 162 Å². The zero-order chi connectivity index (χ0) is 19.6. The van der Waals surface area contributed by atoms with Gasteiger partial charge in [-0.3, -0.25) is 4.79 Å². The number of benzene rings is 1. The highest BCUT2D eigenvalue weighted by Gasteiger charge is 2.16. The zero-order valence-corrected chi connectivity index (χ0v) is 16.7. The van der Waals surface area contributed by atoms with Crippen LogP contribution in [-0.4, -0.2) is 25.4 Å². The molecule has 2 aromatic heterocycles. The van der Waals surface area contributed by atoms with Crippen LogP contribution < -0.4 is 10.5 Å². The van der Waals surface area contributed by atoms with E-state index in [0.29, 0.717) is 18.5 Å². The second-order valence-electron chi connectivity index (χ2n) is 6.29. The third-order valence-electron chi connectivity index (χ3n) is 4.31. The molecule has 0 saturated heterocycles. The number of rotatable bonds is 6. The van der Waals surface area contributed by atoms with Gasteiger partial charge < -0.3 is 9.88 Å². The minimum Gasteiger partial charge on any atom is -0.352 e. The number of thiophene rings is 1. The Balaban J connectivity index is 1.65. The van der Waals surface area contributed by atoms with Crippen molar-refractivity contribution in [1.82, 2.24) is 9.88 Å². The van der Waals surface area contributed by atoms with Crippen molar-refractivity contribution in [3.05, 3.63) is 70.4 Å². The molecule has 0 aliphatic rings. The molecule has 0 atom stereocenters. The first-order valence-electron chi connectivity index (χ1n) is 8.40. The molecule has 27 heavy (non-hydrogen) atoms. The van der Waals surface area contributed by atoms with Gasteiger partial charge in [-0.2, -0.15) is 0 Å². The van der Waals surface area contributed by atoms with Gasteiger partial charge in [0.1, 0.15) is 5.00 Å². The topological polar surface area (TPSA) is 94.2 Å². The number of aromatic nitrogens is 1. The molecule has 8 heteroatoms. The Bertz CT molecular complexity index is 1040. The molecule has 3 aromatic rings. The Morgan fingerprint density at radius 3 is 2.30 bits per heavy atom. The number of carbonyl (C=O) groups excluding carboxylic acids is 1. The molecule has 2 heterocycles. The van der Waals surface area contributed by atoms with E-state index in [4.69, 9.17) is 5.14 Å². The highest BCUT2D eigenvalue weighted by Crippen LogP contribution is 2.25. The number of sulfonamides is 1. The molecule has 0 spiro atoms. The van der Waals surface area contributed by atoms with Crippen LogP contribution in [0.15, 0.2) is 52.7 Å². The van der Waals surface area contributed by atoms with Gasteiger partial charge in [0.2, 0.25) is 10.0 Å². The highest BCUT2D eigenvalue weighted by atomic mass is 32.2. The lowest BCUT2D eigenvalue weighted by molar-refractivity contribution is 0.0954. The zero-order valence-electron chi connectivity index (χ0n) is 15.1. The third kappa shape index (κ3) is 4.29. The van der Waals surface area contributed by atoms with E-state index in [2.05, 4.69) is 9.88 Å². The largest absolute Gasteiger partial charge is 0.352 e. The minimum absolute atomic E-state index is 0.0793. The fraction of sp³-hybridized carbons (Fsp3) is 0.211. The normalized spacial score (nSPS) is 11.5. The van der Waals surface area contributed by atoms with Crippen molar-refractivity contribution in [3.8, 4) is 5.00 Å². The van der Waals surface area contributed by atoms with Gasteiger partial charge in [0.25, 0.3) is 5.91 Å². The predicted molar refractivity (Wildman–Crippen MR) is 107 cm³/mol. The van der Waals surface area contributed by atoms with Crippen molar-refractivity contribution in [1.29, 1.82) is 0 Å². The van der Waals surface area contributed by atoms with Gasteiger partial charge in [-0.15, -0.1) is 11.3 Å². The lowest BCUT2D eigenvalue weighted by atomic mass is 10.1. The van der Waals surface area contributed by atoms with E-state index in [-0.39, 0.29) is 10.8 Å². The van der Waals surface area contributed by atoms with E-state index in [1.807, 2.05) is 37.4 Å². The van der Waals surface area contributed by atoms with Crippen LogP contribution in [0.3, 0.4) is 0 Å². The molecule has 1 aromatic carbocycles. The number of nitrogens with one attached hydrogen (secondary N) is 1. The molecule has 1 amide bonds. The van der Waals surface area contributed by atoms with Crippen molar-refractivity contribution < 1.29 is 13.2 Å². The first-order chi connectivity index (χ1) is 12.8. The molecular formula is C19H21N3O3S2. The highest BCUT2D eigenvalue weighted by molar-refractivity contribution is 7.89. The average Bonchev–Trinajstić information content (AvgIpc) is 3.21. The Morgan fingerprint density at radius 1 is 1.07 bits per heavy atom. The van der Waals surface area contributed by atoms with Crippen molar-refractivity contribution >= 4 is 27.3 Å². The molecule has 0 unspecified atom stereocenters. The van der Waals surface area contributed by atoms with Gasteiger partial charge in [-0.1, -0.05) is 12.1 Å². The second kappa shape index (κ2) is 7.67. The van der Waals surface area contributed by atoms with Gasteiger partial charge in [0, 0.05) is 17.9 Å². The molecular weight excluding hydrogens is 382 g/mol. The molecule has 3 rings (SSSR count). The molecule has 0 aliphatic carbocycles. The van der Waals surface area contributed by atoms with E-state index >= 15 is 0 Å². The summed E-state index contributed by atoms with van der Waals surface area (Å²) in [7, 11) is -3.69. The lowest BCUT2D eigenvalue weighted by Gasteiger charge is -2.11. The predicted octanol–water partition coefficient (Wildman–Crippen LogP) is 2.78. The fourth-order valence-electron chi connectivity index (χ4n) is 2.90. The Morgan fingerprint density at radius 2 is 1.70 bits per heavy atom. The van der Waals surface area contributed by atoms with Gasteiger partial charge in [-0.05, 0) is 61.5 Å². The summed E-state index contributed by atoms with van der Waals surface area (Å²) in [4.78, 5) is 12.7. The first-order valence-corrected chi connectivity index (χ1v) is 10.8. The molecule has 0 bridgehead atoms. The van der Waals surface area contributed by atoms with Crippen LogP contribution in [0.2, 0.25) is 0 Å². The molecule has 0 fully saturated rings. The summed E-state index contributed by atoms with van der Waals surface area (Å²) in [5.41, 5.74) is 3.73. The van der Waals surface area contributed by atoms with Crippen molar-refractivity contribution in [2.24, 2.45) is 5.14 Å². The van der Waals surface area contributed by atoms with Gasteiger partial charge in [-0.25, -0.2) is 13.6 Å². The molecule has 0 radical (unpaired) electrons. The maximum absolute atomic E-state index is 12.6. The number of aryl methyl sites for hydroxylation is 2. The summed E-state index contributed by atoms with van der Waals surface area (Å²) in [6.07, 6.45) is 0.595.